The molecule has 1 amide bonds. The molecule has 1 heterocycles. The maximum atomic E-state index is 12.7. The lowest BCUT2D eigenvalue weighted by molar-refractivity contribution is -0.120. The molecular formula is C23H32N4O2S. The van der Waals surface area contributed by atoms with Gasteiger partial charge < -0.3 is 10.1 Å². The first-order valence-corrected chi connectivity index (χ1v) is 12.1. The third-order valence-corrected chi connectivity index (χ3v) is 7.36. The van der Waals surface area contributed by atoms with Gasteiger partial charge in [0.25, 0.3) is 0 Å². The highest BCUT2D eigenvalue weighted by molar-refractivity contribution is 8.00. The van der Waals surface area contributed by atoms with Gasteiger partial charge in [-0.3, -0.25) is 9.36 Å². The fraction of sp³-hybridized carbons (Fsp3) is 0.609. The Morgan fingerprint density at radius 3 is 2.40 bits per heavy atom. The van der Waals surface area contributed by atoms with Crippen molar-refractivity contribution in [2.75, 3.05) is 7.11 Å². The van der Waals surface area contributed by atoms with Gasteiger partial charge in [-0.15, -0.1) is 10.2 Å². The molecule has 2 aromatic rings. The minimum atomic E-state index is -0.194. The van der Waals surface area contributed by atoms with Gasteiger partial charge in [-0.2, -0.15) is 0 Å². The Morgan fingerprint density at radius 1 is 1.07 bits per heavy atom. The average Bonchev–Trinajstić information content (AvgIpc) is 3.44. The van der Waals surface area contributed by atoms with E-state index in [2.05, 4.69) is 20.1 Å². The summed E-state index contributed by atoms with van der Waals surface area (Å²) in [4.78, 5) is 12.7. The third-order valence-electron chi connectivity index (χ3n) is 6.31. The molecule has 0 spiro atoms. The molecule has 1 aromatic carbocycles. The van der Waals surface area contributed by atoms with Crippen LogP contribution in [-0.4, -0.2) is 39.1 Å². The molecule has 4 rings (SSSR count). The fourth-order valence-electron chi connectivity index (χ4n) is 4.56. The van der Waals surface area contributed by atoms with Crippen molar-refractivity contribution in [1.82, 2.24) is 20.1 Å². The summed E-state index contributed by atoms with van der Waals surface area (Å²) in [6.07, 6.45) is 10.7. The van der Waals surface area contributed by atoms with E-state index in [1.165, 1.54) is 43.9 Å². The van der Waals surface area contributed by atoms with Crippen LogP contribution < -0.4 is 10.1 Å². The number of thioether (sulfide) groups is 1. The van der Waals surface area contributed by atoms with Crippen LogP contribution in [0.25, 0.3) is 11.4 Å². The first kappa shape index (κ1) is 21.2. The summed E-state index contributed by atoms with van der Waals surface area (Å²) in [7, 11) is 1.67. The molecule has 0 radical (unpaired) electrons. The van der Waals surface area contributed by atoms with Crippen molar-refractivity contribution in [3.8, 4) is 17.1 Å². The highest BCUT2D eigenvalue weighted by Gasteiger charge is 2.27. The molecule has 0 aliphatic heterocycles. The monoisotopic (exact) mass is 428 g/mol. The lowest BCUT2D eigenvalue weighted by Crippen LogP contribution is -2.37. The van der Waals surface area contributed by atoms with Crippen molar-refractivity contribution in [1.29, 1.82) is 0 Å². The van der Waals surface area contributed by atoms with E-state index in [1.807, 2.05) is 31.2 Å². The maximum absolute atomic E-state index is 12.7. The number of hydrogen-bond acceptors (Lipinski definition) is 5. The van der Waals surface area contributed by atoms with E-state index in [0.29, 0.717) is 12.1 Å². The van der Waals surface area contributed by atoms with E-state index >= 15 is 0 Å². The number of benzene rings is 1. The molecule has 2 aliphatic rings. The van der Waals surface area contributed by atoms with Crippen molar-refractivity contribution < 1.29 is 9.53 Å². The van der Waals surface area contributed by atoms with Crippen LogP contribution in [0.1, 0.15) is 70.8 Å². The second-order valence-electron chi connectivity index (χ2n) is 8.45. The quantitative estimate of drug-likeness (QED) is 0.629. The predicted molar refractivity (Wildman–Crippen MR) is 120 cm³/mol. The van der Waals surface area contributed by atoms with E-state index in [4.69, 9.17) is 4.74 Å². The molecular weight excluding hydrogens is 396 g/mol. The van der Waals surface area contributed by atoms with Crippen LogP contribution in [0, 0.1) is 0 Å². The zero-order valence-electron chi connectivity index (χ0n) is 18.0. The number of hydrogen-bond donors (Lipinski definition) is 1. The zero-order chi connectivity index (χ0) is 20.9. The fourth-order valence-corrected chi connectivity index (χ4v) is 5.49. The van der Waals surface area contributed by atoms with Crippen LogP contribution >= 0.6 is 11.8 Å². The van der Waals surface area contributed by atoms with Gasteiger partial charge >= 0.3 is 0 Å². The van der Waals surface area contributed by atoms with Crippen molar-refractivity contribution in [3.63, 3.8) is 0 Å². The number of carbonyl (C=O) groups excluding carboxylic acids is 1. The number of nitrogens with zero attached hydrogens (tertiary/aromatic N) is 3. The molecule has 1 unspecified atom stereocenters. The molecule has 0 bridgehead atoms. The number of rotatable bonds is 7. The van der Waals surface area contributed by atoms with E-state index in [-0.39, 0.29) is 11.2 Å². The second-order valence-corrected chi connectivity index (χ2v) is 9.75. The first-order chi connectivity index (χ1) is 14.7. The van der Waals surface area contributed by atoms with E-state index < -0.39 is 0 Å². The van der Waals surface area contributed by atoms with Crippen molar-refractivity contribution in [2.45, 2.75) is 87.2 Å². The third kappa shape index (κ3) is 4.82. The van der Waals surface area contributed by atoms with Gasteiger partial charge in [0.15, 0.2) is 11.0 Å². The Balaban J connectivity index is 1.56. The molecule has 7 heteroatoms. The summed E-state index contributed by atoms with van der Waals surface area (Å²) < 4.78 is 7.58. The molecule has 2 saturated carbocycles. The maximum Gasteiger partial charge on any atom is 0.233 e. The standard InChI is InChI=1S/C23H32N4O2S/c1-16(22(28)24-18-8-6-7-9-18)30-23-26-25-21(17-12-14-20(29-2)15-13-17)27(23)19-10-4-3-5-11-19/h12-16,18-19H,3-11H2,1-2H3,(H,24,28). The lowest BCUT2D eigenvalue weighted by Gasteiger charge is -2.26. The SMILES string of the molecule is COc1ccc(-c2nnc(SC(C)C(=O)NC3CCCC3)n2C2CCCCC2)cc1. The minimum Gasteiger partial charge on any atom is -0.497 e. The van der Waals surface area contributed by atoms with Crippen LogP contribution in [0.4, 0.5) is 0 Å². The van der Waals surface area contributed by atoms with Crippen molar-refractivity contribution in [3.05, 3.63) is 24.3 Å². The van der Waals surface area contributed by atoms with E-state index in [1.54, 1.807) is 7.11 Å². The van der Waals surface area contributed by atoms with Crippen LogP contribution in [0.2, 0.25) is 0 Å². The number of ether oxygens (including phenoxy) is 1. The molecule has 1 aromatic heterocycles. The highest BCUT2D eigenvalue weighted by Crippen LogP contribution is 2.37. The van der Waals surface area contributed by atoms with Gasteiger partial charge in [-0.05, 0) is 56.9 Å². The van der Waals surface area contributed by atoms with Gasteiger partial charge in [-0.1, -0.05) is 43.9 Å². The van der Waals surface area contributed by atoms with Crippen LogP contribution in [-0.2, 0) is 4.79 Å². The first-order valence-electron chi connectivity index (χ1n) is 11.2. The molecule has 1 atom stereocenters. The Kier molecular flexibility index (Phi) is 6.97. The van der Waals surface area contributed by atoms with Gasteiger partial charge in [0.05, 0.1) is 12.4 Å². The normalized spacial score (nSPS) is 19.0. The minimum absolute atomic E-state index is 0.107. The second kappa shape index (κ2) is 9.86. The molecule has 0 saturated heterocycles. The van der Waals surface area contributed by atoms with Crippen molar-refractivity contribution >= 4 is 17.7 Å². The molecule has 2 fully saturated rings. The number of aromatic nitrogens is 3. The Morgan fingerprint density at radius 2 is 1.73 bits per heavy atom. The number of methoxy groups -OCH3 is 1. The van der Waals surface area contributed by atoms with Gasteiger partial charge in [-0.25, -0.2) is 0 Å². The summed E-state index contributed by atoms with van der Waals surface area (Å²) in [6, 6.07) is 8.71. The number of carbonyl (C=O) groups is 1. The topological polar surface area (TPSA) is 69.0 Å². The average molecular weight is 429 g/mol. The Hall–Kier alpha value is -2.02. The summed E-state index contributed by atoms with van der Waals surface area (Å²) in [5.74, 6) is 1.82. The summed E-state index contributed by atoms with van der Waals surface area (Å²) in [5, 5.41) is 13.0. The van der Waals surface area contributed by atoms with Crippen LogP contribution in [0.5, 0.6) is 5.75 Å². The largest absolute Gasteiger partial charge is 0.497 e. The van der Waals surface area contributed by atoms with Crippen molar-refractivity contribution in [2.24, 2.45) is 0 Å². The highest BCUT2D eigenvalue weighted by atomic mass is 32.2. The van der Waals surface area contributed by atoms with Gasteiger partial charge in [0.2, 0.25) is 5.91 Å². The summed E-state index contributed by atoms with van der Waals surface area (Å²) in [5.41, 5.74) is 1.03. The summed E-state index contributed by atoms with van der Waals surface area (Å²) in [6.45, 7) is 1.97. The predicted octanol–water partition coefficient (Wildman–Crippen LogP) is 5.00. The molecule has 30 heavy (non-hydrogen) atoms. The zero-order valence-corrected chi connectivity index (χ0v) is 18.8. The molecule has 2 aliphatic carbocycles. The van der Waals surface area contributed by atoms with Gasteiger partial charge in [0, 0.05) is 17.6 Å². The molecule has 6 nitrogen and oxygen atoms in total. The summed E-state index contributed by atoms with van der Waals surface area (Å²) >= 11 is 1.53. The number of amides is 1. The smallest absolute Gasteiger partial charge is 0.233 e. The lowest BCUT2D eigenvalue weighted by atomic mass is 9.95. The molecule has 1 N–H and O–H groups in total. The Labute approximate surface area is 183 Å². The number of nitrogens with one attached hydrogen (secondary N) is 1. The van der Waals surface area contributed by atoms with E-state index in [0.717, 1.165) is 48.0 Å². The van der Waals surface area contributed by atoms with Crippen LogP contribution in [0.15, 0.2) is 29.4 Å². The van der Waals surface area contributed by atoms with Crippen LogP contribution in [0.3, 0.4) is 0 Å². The van der Waals surface area contributed by atoms with Gasteiger partial charge in [0.1, 0.15) is 5.75 Å². The van der Waals surface area contributed by atoms with E-state index in [9.17, 15) is 4.79 Å². The Bertz CT molecular complexity index is 839. The molecule has 162 valence electrons.